The highest BCUT2D eigenvalue weighted by Gasteiger charge is 2.21. The van der Waals surface area contributed by atoms with Crippen molar-refractivity contribution < 1.29 is 4.79 Å². The molecule has 1 N–H and O–H groups in total. The molecule has 0 spiro atoms. The van der Waals surface area contributed by atoms with Gasteiger partial charge >= 0.3 is 0 Å². The number of benzene rings is 1. The van der Waals surface area contributed by atoms with Crippen LogP contribution in [-0.4, -0.2) is 11.5 Å². The van der Waals surface area contributed by atoms with Gasteiger partial charge in [-0.1, -0.05) is 51.1 Å². The molecular formula is C14H19NO. The van der Waals surface area contributed by atoms with Crippen molar-refractivity contribution in [2.24, 2.45) is 5.41 Å². The van der Waals surface area contributed by atoms with Crippen molar-refractivity contribution in [1.82, 2.24) is 0 Å². The van der Waals surface area contributed by atoms with E-state index in [-0.39, 0.29) is 17.6 Å². The number of carbonyl (C=O) groups excluding carboxylic acids is 1. The van der Waals surface area contributed by atoms with Crippen LogP contribution in [0.5, 0.6) is 0 Å². The molecule has 0 aromatic heterocycles. The Morgan fingerprint density at radius 3 is 2.25 bits per heavy atom. The largest absolute Gasteiger partial charge is 0.309 e. The third kappa shape index (κ3) is 3.97. The van der Waals surface area contributed by atoms with Gasteiger partial charge in [0, 0.05) is 24.0 Å². The maximum atomic E-state index is 11.7. The lowest BCUT2D eigenvalue weighted by molar-refractivity contribution is -0.125. The molecule has 0 atom stereocenters. The Kier molecular flexibility index (Phi) is 3.99. The van der Waals surface area contributed by atoms with Crippen molar-refractivity contribution in [3.8, 4) is 0 Å². The summed E-state index contributed by atoms with van der Waals surface area (Å²) in [5.41, 5.74) is 1.24. The zero-order valence-electron chi connectivity index (χ0n) is 10.2. The molecule has 1 aromatic rings. The summed E-state index contributed by atoms with van der Waals surface area (Å²) in [6, 6.07) is 9.82. The first-order valence-corrected chi connectivity index (χ1v) is 5.53. The molecule has 0 fully saturated rings. The Morgan fingerprint density at radius 1 is 1.19 bits per heavy atom. The fourth-order valence-corrected chi connectivity index (χ4v) is 1.36. The molecule has 0 aliphatic rings. The zero-order chi connectivity index (χ0) is 12.2. The Balaban J connectivity index is 2.52. The van der Waals surface area contributed by atoms with E-state index in [9.17, 15) is 4.79 Å². The summed E-state index contributed by atoms with van der Waals surface area (Å²) in [5, 5.41) is 7.82. The van der Waals surface area contributed by atoms with Gasteiger partial charge in [0.15, 0.2) is 0 Å². The van der Waals surface area contributed by atoms with Crippen molar-refractivity contribution in [2.45, 2.75) is 33.6 Å². The maximum Gasteiger partial charge on any atom is 0.143 e. The van der Waals surface area contributed by atoms with Crippen LogP contribution >= 0.6 is 0 Å². The third-order valence-electron chi connectivity index (χ3n) is 2.47. The van der Waals surface area contributed by atoms with Gasteiger partial charge < -0.3 is 5.41 Å². The number of ketones is 1. The van der Waals surface area contributed by atoms with Crippen LogP contribution in [0.25, 0.3) is 0 Å². The van der Waals surface area contributed by atoms with Crippen LogP contribution in [0, 0.1) is 10.8 Å². The van der Waals surface area contributed by atoms with Crippen LogP contribution in [0.15, 0.2) is 30.3 Å². The van der Waals surface area contributed by atoms with Crippen LogP contribution in [0.4, 0.5) is 0 Å². The first kappa shape index (κ1) is 12.6. The van der Waals surface area contributed by atoms with Gasteiger partial charge in [-0.15, -0.1) is 0 Å². The van der Waals surface area contributed by atoms with E-state index in [0.717, 1.165) is 5.56 Å². The van der Waals surface area contributed by atoms with Gasteiger partial charge in [0.05, 0.1) is 0 Å². The molecule has 2 heteroatoms. The summed E-state index contributed by atoms with van der Waals surface area (Å²) < 4.78 is 0. The highest BCUT2D eigenvalue weighted by atomic mass is 16.1. The molecule has 16 heavy (non-hydrogen) atoms. The molecule has 0 unspecified atom stereocenters. The van der Waals surface area contributed by atoms with Crippen molar-refractivity contribution in [3.05, 3.63) is 35.9 Å². The lowest BCUT2D eigenvalue weighted by Gasteiger charge is -2.16. The minimum absolute atomic E-state index is 0.133. The normalized spacial score (nSPS) is 11.2. The molecule has 1 aromatic carbocycles. The van der Waals surface area contributed by atoms with E-state index in [1.807, 2.05) is 51.1 Å². The zero-order valence-corrected chi connectivity index (χ0v) is 10.2. The van der Waals surface area contributed by atoms with Gasteiger partial charge in [0.1, 0.15) is 5.78 Å². The third-order valence-corrected chi connectivity index (χ3v) is 2.47. The molecule has 0 saturated heterocycles. The Hall–Kier alpha value is -1.44. The van der Waals surface area contributed by atoms with E-state index in [0.29, 0.717) is 12.1 Å². The van der Waals surface area contributed by atoms with E-state index in [1.165, 1.54) is 0 Å². The first-order chi connectivity index (χ1) is 7.39. The number of nitrogens with one attached hydrogen (secondary N) is 1. The number of carbonyl (C=O) groups is 1. The molecule has 1 rings (SSSR count). The minimum Gasteiger partial charge on any atom is -0.309 e. The minimum atomic E-state index is -0.344. The molecule has 0 radical (unpaired) electrons. The summed E-state index contributed by atoms with van der Waals surface area (Å²) in [6.45, 7) is 5.68. The lowest BCUT2D eigenvalue weighted by Crippen LogP contribution is -2.23. The van der Waals surface area contributed by atoms with E-state index in [4.69, 9.17) is 5.41 Å². The predicted octanol–water partition coefficient (Wildman–Crippen LogP) is 3.25. The summed E-state index contributed by atoms with van der Waals surface area (Å²) in [7, 11) is 0. The number of rotatable bonds is 4. The van der Waals surface area contributed by atoms with Gasteiger partial charge in [0.2, 0.25) is 0 Å². The van der Waals surface area contributed by atoms with Crippen LogP contribution in [0.3, 0.4) is 0 Å². The Bertz CT molecular complexity index is 373. The summed E-state index contributed by atoms with van der Waals surface area (Å²) >= 11 is 0. The quantitative estimate of drug-likeness (QED) is 0.773. The lowest BCUT2D eigenvalue weighted by atomic mass is 9.87. The van der Waals surface area contributed by atoms with Crippen LogP contribution in [0.1, 0.15) is 32.8 Å². The maximum absolute atomic E-state index is 11.7. The predicted molar refractivity (Wildman–Crippen MR) is 67.0 cm³/mol. The van der Waals surface area contributed by atoms with Gasteiger partial charge in [-0.3, -0.25) is 4.79 Å². The van der Waals surface area contributed by atoms with Crippen molar-refractivity contribution >= 4 is 11.5 Å². The second kappa shape index (κ2) is 5.06. The van der Waals surface area contributed by atoms with Gasteiger partial charge in [0.25, 0.3) is 0 Å². The van der Waals surface area contributed by atoms with Crippen LogP contribution in [-0.2, 0) is 11.2 Å². The highest BCUT2D eigenvalue weighted by Crippen LogP contribution is 2.17. The smallest absolute Gasteiger partial charge is 0.143 e. The van der Waals surface area contributed by atoms with Gasteiger partial charge in [-0.05, 0) is 5.56 Å². The molecule has 86 valence electrons. The second-order valence-corrected chi connectivity index (χ2v) is 5.12. The van der Waals surface area contributed by atoms with E-state index < -0.39 is 0 Å². The molecule has 0 aliphatic heterocycles. The molecular weight excluding hydrogens is 198 g/mol. The monoisotopic (exact) mass is 217 g/mol. The van der Waals surface area contributed by atoms with Gasteiger partial charge in [-0.2, -0.15) is 0 Å². The average molecular weight is 217 g/mol. The first-order valence-electron chi connectivity index (χ1n) is 5.53. The van der Waals surface area contributed by atoms with E-state index in [1.54, 1.807) is 0 Å². The summed E-state index contributed by atoms with van der Waals surface area (Å²) in [6.07, 6.45) is 0.834. The summed E-state index contributed by atoms with van der Waals surface area (Å²) in [5.74, 6) is 0.133. The molecule has 0 aliphatic carbocycles. The molecule has 0 heterocycles. The van der Waals surface area contributed by atoms with E-state index in [2.05, 4.69) is 0 Å². The number of hydrogen-bond donors (Lipinski definition) is 1. The number of hydrogen-bond acceptors (Lipinski definition) is 2. The topological polar surface area (TPSA) is 40.9 Å². The fourth-order valence-electron chi connectivity index (χ4n) is 1.36. The van der Waals surface area contributed by atoms with Crippen molar-refractivity contribution in [3.63, 3.8) is 0 Å². The summed E-state index contributed by atoms with van der Waals surface area (Å²) in [4.78, 5) is 11.7. The SMILES string of the molecule is CC(C)(C)C(=O)CC(=N)Cc1ccccc1. The van der Waals surface area contributed by atoms with Gasteiger partial charge in [-0.25, -0.2) is 0 Å². The second-order valence-electron chi connectivity index (χ2n) is 5.12. The average Bonchev–Trinajstić information content (AvgIpc) is 2.17. The number of Topliss-reactive ketones (excluding diaryl/α,β-unsaturated/α-hetero) is 1. The van der Waals surface area contributed by atoms with Crippen molar-refractivity contribution in [2.75, 3.05) is 0 Å². The molecule has 0 bridgehead atoms. The molecule has 0 saturated carbocycles. The molecule has 2 nitrogen and oxygen atoms in total. The van der Waals surface area contributed by atoms with Crippen LogP contribution < -0.4 is 0 Å². The molecule has 0 amide bonds. The van der Waals surface area contributed by atoms with E-state index >= 15 is 0 Å². The van der Waals surface area contributed by atoms with Crippen molar-refractivity contribution in [1.29, 1.82) is 5.41 Å². The Morgan fingerprint density at radius 2 is 1.75 bits per heavy atom. The standard InChI is InChI=1S/C14H19NO/c1-14(2,3)13(16)10-12(15)9-11-7-5-4-6-8-11/h4-8,15H,9-10H2,1-3H3. The van der Waals surface area contributed by atoms with Crippen LogP contribution in [0.2, 0.25) is 0 Å². The fraction of sp³-hybridized carbons (Fsp3) is 0.429. The highest BCUT2D eigenvalue weighted by molar-refractivity contribution is 6.03. The Labute approximate surface area is 97.2 Å².